The molecule has 10 heteroatoms. The van der Waals surface area contributed by atoms with Crippen LogP contribution in [-0.4, -0.2) is 91.4 Å². The Balaban J connectivity index is 1.49. The molecule has 0 spiro atoms. The molecule has 2 aromatic carbocycles. The van der Waals surface area contributed by atoms with Gasteiger partial charge in [0.15, 0.2) is 5.60 Å². The number of hydrogen-bond acceptors (Lipinski definition) is 8. The summed E-state index contributed by atoms with van der Waals surface area (Å²) in [6.45, 7) is 3.92. The van der Waals surface area contributed by atoms with Crippen LogP contribution in [0.2, 0.25) is 0 Å². The summed E-state index contributed by atoms with van der Waals surface area (Å²) in [6.07, 6.45) is -3.59. The van der Waals surface area contributed by atoms with Gasteiger partial charge in [-0.15, -0.1) is 0 Å². The summed E-state index contributed by atoms with van der Waals surface area (Å²) in [5, 5.41) is 24.5. The number of rotatable bonds is 11. The second-order valence-electron chi connectivity index (χ2n) is 9.75. The van der Waals surface area contributed by atoms with Crippen LogP contribution in [0.3, 0.4) is 0 Å². The highest BCUT2D eigenvalue weighted by molar-refractivity contribution is 5.85. The number of nitrogens with one attached hydrogen (secondary N) is 1. The van der Waals surface area contributed by atoms with Crippen LogP contribution in [0.5, 0.6) is 5.75 Å². The minimum atomic E-state index is -1.47. The molecule has 1 heterocycles. The van der Waals surface area contributed by atoms with Gasteiger partial charge in [0.2, 0.25) is 0 Å². The van der Waals surface area contributed by atoms with Crippen molar-refractivity contribution in [3.63, 3.8) is 0 Å². The highest BCUT2D eigenvalue weighted by Crippen LogP contribution is 2.36. The molecule has 1 unspecified atom stereocenters. The van der Waals surface area contributed by atoms with Crippen molar-refractivity contribution in [2.75, 3.05) is 46.5 Å². The Morgan fingerprint density at radius 2 is 1.92 bits per heavy atom. The fourth-order valence-corrected chi connectivity index (χ4v) is 4.87. The van der Waals surface area contributed by atoms with E-state index in [1.54, 1.807) is 25.3 Å². The molecule has 2 fully saturated rings. The van der Waals surface area contributed by atoms with Gasteiger partial charge in [0.1, 0.15) is 17.7 Å². The molecule has 9 nitrogen and oxygen atoms in total. The van der Waals surface area contributed by atoms with Crippen LogP contribution in [0.15, 0.2) is 48.5 Å². The van der Waals surface area contributed by atoms with Gasteiger partial charge in [0.25, 0.3) is 5.91 Å². The summed E-state index contributed by atoms with van der Waals surface area (Å²) in [5.74, 6) is -0.167. The van der Waals surface area contributed by atoms with E-state index in [1.807, 2.05) is 24.3 Å². The third-order valence-electron chi connectivity index (χ3n) is 7.14. The molecule has 2 aliphatic rings. The van der Waals surface area contributed by atoms with E-state index in [9.17, 15) is 19.4 Å². The number of carbonyl (C=O) groups excluding carboxylic acids is 1. The summed E-state index contributed by atoms with van der Waals surface area (Å²) in [4.78, 5) is 15.8. The second kappa shape index (κ2) is 13.5. The minimum absolute atomic E-state index is 0.00691. The zero-order chi connectivity index (χ0) is 27.0. The van der Waals surface area contributed by atoms with Crippen LogP contribution in [0.4, 0.5) is 4.39 Å². The third-order valence-corrected chi connectivity index (χ3v) is 7.14. The van der Waals surface area contributed by atoms with Crippen molar-refractivity contribution >= 4 is 5.91 Å². The molecule has 1 aliphatic carbocycles. The van der Waals surface area contributed by atoms with E-state index in [0.29, 0.717) is 37.6 Å². The van der Waals surface area contributed by atoms with Crippen molar-refractivity contribution in [3.8, 4) is 5.75 Å². The molecule has 3 N–H and O–H groups in total. The van der Waals surface area contributed by atoms with Crippen molar-refractivity contribution in [2.24, 2.45) is 0 Å². The molecule has 38 heavy (non-hydrogen) atoms. The van der Waals surface area contributed by atoms with Crippen molar-refractivity contribution in [3.05, 3.63) is 65.5 Å². The predicted octanol–water partition coefficient (Wildman–Crippen LogP) is 1.64. The SMILES string of the molecule is COc1cccc(CO[C@]2(C(=O)NCCN3CCOCC3)CC(OCc3ccccc3F)[C@H](O)[C@H](O)C2)c1. The van der Waals surface area contributed by atoms with E-state index in [2.05, 4.69) is 10.2 Å². The average molecular weight is 533 g/mol. The summed E-state index contributed by atoms with van der Waals surface area (Å²) in [6, 6.07) is 13.5. The van der Waals surface area contributed by atoms with E-state index >= 15 is 0 Å². The second-order valence-corrected chi connectivity index (χ2v) is 9.75. The number of aliphatic hydroxyl groups is 2. The molecular weight excluding hydrogens is 495 g/mol. The molecule has 208 valence electrons. The Hall–Kier alpha value is -2.60. The molecule has 0 bridgehead atoms. The Kier molecular flexibility index (Phi) is 10.1. The van der Waals surface area contributed by atoms with E-state index in [0.717, 1.165) is 18.7 Å². The number of aliphatic hydroxyl groups excluding tert-OH is 2. The fourth-order valence-electron chi connectivity index (χ4n) is 4.87. The van der Waals surface area contributed by atoms with Crippen LogP contribution in [-0.2, 0) is 32.2 Å². The van der Waals surface area contributed by atoms with E-state index < -0.39 is 29.7 Å². The number of morpholine rings is 1. The van der Waals surface area contributed by atoms with E-state index in [-0.39, 0.29) is 32.0 Å². The molecule has 0 radical (unpaired) electrons. The van der Waals surface area contributed by atoms with Crippen molar-refractivity contribution in [1.29, 1.82) is 0 Å². The quantitative estimate of drug-likeness (QED) is 0.401. The molecule has 1 aliphatic heterocycles. The topological polar surface area (TPSA) is 110 Å². The maximum atomic E-state index is 14.2. The van der Waals surface area contributed by atoms with Gasteiger partial charge in [0.05, 0.1) is 45.7 Å². The van der Waals surface area contributed by atoms with Gasteiger partial charge in [0, 0.05) is 44.6 Å². The van der Waals surface area contributed by atoms with Gasteiger partial charge >= 0.3 is 0 Å². The lowest BCUT2D eigenvalue weighted by Crippen LogP contribution is -2.61. The Labute approximate surface area is 222 Å². The monoisotopic (exact) mass is 532 g/mol. The first-order valence-electron chi connectivity index (χ1n) is 13.0. The Morgan fingerprint density at radius 1 is 1.13 bits per heavy atom. The first-order valence-corrected chi connectivity index (χ1v) is 13.0. The van der Waals surface area contributed by atoms with E-state index in [4.69, 9.17) is 18.9 Å². The summed E-state index contributed by atoms with van der Waals surface area (Å²) < 4.78 is 37.0. The van der Waals surface area contributed by atoms with Gasteiger partial charge in [-0.25, -0.2) is 4.39 Å². The molecule has 4 atom stereocenters. The van der Waals surface area contributed by atoms with Gasteiger partial charge in [-0.1, -0.05) is 30.3 Å². The lowest BCUT2D eigenvalue weighted by atomic mass is 9.78. The van der Waals surface area contributed by atoms with Crippen molar-refractivity contribution < 1.29 is 38.3 Å². The van der Waals surface area contributed by atoms with Crippen molar-refractivity contribution in [1.82, 2.24) is 10.2 Å². The third kappa shape index (κ3) is 7.28. The molecule has 1 saturated carbocycles. The number of carbonyl (C=O) groups is 1. The molecule has 0 aromatic heterocycles. The summed E-state index contributed by atoms with van der Waals surface area (Å²) >= 11 is 0. The van der Waals surface area contributed by atoms with Crippen molar-refractivity contribution in [2.45, 2.75) is 50.0 Å². The summed E-state index contributed by atoms with van der Waals surface area (Å²) in [5.41, 5.74) is -0.362. The van der Waals surface area contributed by atoms with Crippen LogP contribution in [0.1, 0.15) is 24.0 Å². The standard InChI is InChI=1S/C28H37FN2O7/c1-35-22-7-4-5-20(15-22)18-38-28(27(34)30-9-10-31-11-13-36-14-12-31)16-24(32)26(33)25(17-28)37-19-21-6-2-3-8-23(21)29/h2-8,15,24-26,32-33H,9-14,16-19H2,1H3,(H,30,34)/t24-,25?,26-,28+/m1/s1. The van der Waals surface area contributed by atoms with E-state index in [1.165, 1.54) is 6.07 Å². The number of halogens is 1. The molecule has 4 rings (SSSR count). The van der Waals surface area contributed by atoms with Gasteiger partial charge < -0.3 is 34.5 Å². The first-order chi connectivity index (χ1) is 18.4. The highest BCUT2D eigenvalue weighted by atomic mass is 19.1. The maximum Gasteiger partial charge on any atom is 0.252 e. The van der Waals surface area contributed by atoms with Gasteiger partial charge in [-0.2, -0.15) is 0 Å². The molecule has 1 saturated heterocycles. The number of benzene rings is 2. The first kappa shape index (κ1) is 28.4. The number of amides is 1. The highest BCUT2D eigenvalue weighted by Gasteiger charge is 2.51. The molecule has 2 aromatic rings. The zero-order valence-electron chi connectivity index (χ0n) is 21.7. The zero-order valence-corrected chi connectivity index (χ0v) is 21.7. The molecule has 1 amide bonds. The lowest BCUT2D eigenvalue weighted by Gasteiger charge is -2.44. The number of ether oxygens (including phenoxy) is 4. The normalized spacial score (nSPS) is 26.2. The van der Waals surface area contributed by atoms with Gasteiger partial charge in [-0.3, -0.25) is 9.69 Å². The Morgan fingerprint density at radius 3 is 2.68 bits per heavy atom. The average Bonchev–Trinajstić information content (AvgIpc) is 2.94. The number of nitrogens with zero attached hydrogens (tertiary/aromatic N) is 1. The maximum absolute atomic E-state index is 14.2. The largest absolute Gasteiger partial charge is 0.497 e. The fraction of sp³-hybridized carbons (Fsp3) is 0.536. The minimum Gasteiger partial charge on any atom is -0.497 e. The summed E-state index contributed by atoms with van der Waals surface area (Å²) in [7, 11) is 1.57. The Bertz CT molecular complexity index is 1050. The van der Waals surface area contributed by atoms with Crippen LogP contribution >= 0.6 is 0 Å². The van der Waals surface area contributed by atoms with Crippen LogP contribution in [0, 0.1) is 5.82 Å². The molecular formula is C28H37FN2O7. The smallest absolute Gasteiger partial charge is 0.252 e. The lowest BCUT2D eigenvalue weighted by molar-refractivity contribution is -0.200. The number of hydrogen-bond donors (Lipinski definition) is 3. The predicted molar refractivity (Wildman–Crippen MR) is 137 cm³/mol. The number of methoxy groups -OCH3 is 1. The van der Waals surface area contributed by atoms with Gasteiger partial charge in [-0.05, 0) is 23.8 Å². The van der Waals surface area contributed by atoms with Crippen LogP contribution in [0.25, 0.3) is 0 Å². The van der Waals surface area contributed by atoms with Crippen LogP contribution < -0.4 is 10.1 Å².